The molecule has 0 aliphatic carbocycles. The number of ether oxygens (including phenoxy) is 1. The molecular formula is C22H34N4O2. The maximum atomic E-state index is 11.3. The van der Waals surface area contributed by atoms with E-state index in [0.717, 1.165) is 51.2 Å². The standard InChI is InChI=1S/C22H34N4O2/c1-4-28-21(27)9-7-5-6-8-13-24-22(23-3)25-14-12-18-16-26-20-15-17(2)10-11-19(18)20/h10-11,15-16,26H,4-9,12-14H2,1-3H3,(H2,23,24,25). The average molecular weight is 387 g/mol. The largest absolute Gasteiger partial charge is 0.466 e. The lowest BCUT2D eigenvalue weighted by Crippen LogP contribution is -2.38. The van der Waals surface area contributed by atoms with Crippen molar-refractivity contribution in [3.05, 3.63) is 35.5 Å². The minimum Gasteiger partial charge on any atom is -0.466 e. The molecule has 0 amide bonds. The maximum Gasteiger partial charge on any atom is 0.305 e. The molecule has 6 heteroatoms. The van der Waals surface area contributed by atoms with Gasteiger partial charge in [-0.25, -0.2) is 0 Å². The highest BCUT2D eigenvalue weighted by molar-refractivity contribution is 5.84. The number of nitrogens with one attached hydrogen (secondary N) is 3. The summed E-state index contributed by atoms with van der Waals surface area (Å²) in [5.74, 6) is 0.748. The Morgan fingerprint density at radius 1 is 1.14 bits per heavy atom. The SMILES string of the molecule is CCOC(=O)CCCCCCNC(=NC)NCCc1c[nH]c2cc(C)ccc12. The molecule has 28 heavy (non-hydrogen) atoms. The molecule has 1 aromatic heterocycles. The van der Waals surface area contributed by atoms with Crippen molar-refractivity contribution in [1.82, 2.24) is 15.6 Å². The molecule has 2 rings (SSSR count). The molecule has 0 spiro atoms. The van der Waals surface area contributed by atoms with Gasteiger partial charge in [0.05, 0.1) is 6.61 Å². The number of aromatic amines is 1. The highest BCUT2D eigenvalue weighted by Crippen LogP contribution is 2.19. The molecule has 1 aromatic carbocycles. The van der Waals surface area contributed by atoms with Gasteiger partial charge in [-0.3, -0.25) is 9.79 Å². The zero-order valence-electron chi connectivity index (χ0n) is 17.4. The van der Waals surface area contributed by atoms with Crippen LogP contribution in [0.2, 0.25) is 0 Å². The van der Waals surface area contributed by atoms with Crippen LogP contribution in [0.3, 0.4) is 0 Å². The molecule has 3 N–H and O–H groups in total. The zero-order chi connectivity index (χ0) is 20.2. The lowest BCUT2D eigenvalue weighted by Gasteiger charge is -2.11. The second kappa shape index (κ2) is 12.1. The van der Waals surface area contributed by atoms with E-state index in [1.807, 2.05) is 6.92 Å². The lowest BCUT2D eigenvalue weighted by molar-refractivity contribution is -0.143. The number of hydrogen-bond acceptors (Lipinski definition) is 3. The normalized spacial score (nSPS) is 11.6. The van der Waals surface area contributed by atoms with E-state index in [4.69, 9.17) is 4.74 Å². The van der Waals surface area contributed by atoms with Crippen LogP contribution in [-0.4, -0.2) is 43.7 Å². The molecule has 0 bridgehead atoms. The molecule has 0 fully saturated rings. The van der Waals surface area contributed by atoms with E-state index in [1.54, 1.807) is 7.05 Å². The van der Waals surface area contributed by atoms with Gasteiger partial charge < -0.3 is 20.4 Å². The first kappa shape index (κ1) is 21.8. The first-order valence-corrected chi connectivity index (χ1v) is 10.3. The van der Waals surface area contributed by atoms with Gasteiger partial charge in [-0.15, -0.1) is 0 Å². The van der Waals surface area contributed by atoms with Crippen LogP contribution in [-0.2, 0) is 16.0 Å². The monoisotopic (exact) mass is 386 g/mol. The Morgan fingerprint density at radius 3 is 2.71 bits per heavy atom. The van der Waals surface area contributed by atoms with Crippen LogP contribution in [0.1, 0.15) is 50.2 Å². The number of carbonyl (C=O) groups is 1. The number of esters is 1. The third-order valence-corrected chi connectivity index (χ3v) is 4.74. The summed E-state index contributed by atoms with van der Waals surface area (Å²) in [7, 11) is 1.79. The number of benzene rings is 1. The molecule has 154 valence electrons. The smallest absolute Gasteiger partial charge is 0.305 e. The van der Waals surface area contributed by atoms with Gasteiger partial charge >= 0.3 is 5.97 Å². The third kappa shape index (κ3) is 7.25. The number of aliphatic imine (C=N–C) groups is 1. The Balaban J connectivity index is 1.59. The maximum absolute atomic E-state index is 11.3. The topological polar surface area (TPSA) is 78.5 Å². The zero-order valence-corrected chi connectivity index (χ0v) is 17.4. The van der Waals surface area contributed by atoms with Gasteiger partial charge in [0, 0.05) is 43.7 Å². The van der Waals surface area contributed by atoms with E-state index in [-0.39, 0.29) is 5.97 Å². The number of guanidine groups is 1. The number of unbranched alkanes of at least 4 members (excludes halogenated alkanes) is 3. The van der Waals surface area contributed by atoms with Gasteiger partial charge in [-0.1, -0.05) is 25.0 Å². The summed E-state index contributed by atoms with van der Waals surface area (Å²) < 4.78 is 4.93. The van der Waals surface area contributed by atoms with Crippen LogP contribution >= 0.6 is 0 Å². The van der Waals surface area contributed by atoms with Gasteiger partial charge in [0.25, 0.3) is 0 Å². The van der Waals surface area contributed by atoms with Crippen molar-refractivity contribution in [1.29, 1.82) is 0 Å². The van der Waals surface area contributed by atoms with E-state index in [0.29, 0.717) is 13.0 Å². The number of fused-ring (bicyclic) bond motifs is 1. The van der Waals surface area contributed by atoms with Crippen molar-refractivity contribution < 1.29 is 9.53 Å². The number of aromatic nitrogens is 1. The quantitative estimate of drug-likeness (QED) is 0.238. The highest BCUT2D eigenvalue weighted by atomic mass is 16.5. The van der Waals surface area contributed by atoms with E-state index >= 15 is 0 Å². The summed E-state index contributed by atoms with van der Waals surface area (Å²) in [4.78, 5) is 18.9. The first-order chi connectivity index (χ1) is 13.6. The van der Waals surface area contributed by atoms with Crippen molar-refractivity contribution >= 4 is 22.8 Å². The molecule has 1 heterocycles. The summed E-state index contributed by atoms with van der Waals surface area (Å²) >= 11 is 0. The summed E-state index contributed by atoms with van der Waals surface area (Å²) in [6.45, 7) is 6.13. The molecule has 0 atom stereocenters. The van der Waals surface area contributed by atoms with Gasteiger partial charge in [0.2, 0.25) is 0 Å². The number of hydrogen-bond donors (Lipinski definition) is 3. The fraction of sp³-hybridized carbons (Fsp3) is 0.545. The highest BCUT2D eigenvalue weighted by Gasteiger charge is 2.05. The van der Waals surface area contributed by atoms with Crippen molar-refractivity contribution in [2.45, 2.75) is 52.4 Å². The predicted molar refractivity (Wildman–Crippen MR) is 116 cm³/mol. The fourth-order valence-electron chi connectivity index (χ4n) is 3.23. The van der Waals surface area contributed by atoms with Gasteiger partial charge in [-0.2, -0.15) is 0 Å². The van der Waals surface area contributed by atoms with Gasteiger partial charge in [0.1, 0.15) is 0 Å². The lowest BCUT2D eigenvalue weighted by atomic mass is 10.1. The van der Waals surface area contributed by atoms with E-state index in [2.05, 4.69) is 51.9 Å². The van der Waals surface area contributed by atoms with Crippen LogP contribution < -0.4 is 10.6 Å². The molecule has 0 saturated carbocycles. The Hall–Kier alpha value is -2.50. The predicted octanol–water partition coefficient (Wildman–Crippen LogP) is 3.70. The summed E-state index contributed by atoms with van der Waals surface area (Å²) in [6.07, 6.45) is 7.67. The van der Waals surface area contributed by atoms with Crippen LogP contribution in [0.5, 0.6) is 0 Å². The van der Waals surface area contributed by atoms with E-state index in [1.165, 1.54) is 22.0 Å². The average Bonchev–Trinajstić information content (AvgIpc) is 3.08. The van der Waals surface area contributed by atoms with Crippen molar-refractivity contribution in [2.75, 3.05) is 26.7 Å². The van der Waals surface area contributed by atoms with E-state index < -0.39 is 0 Å². The molecule has 0 radical (unpaired) electrons. The van der Waals surface area contributed by atoms with Gasteiger partial charge in [-0.05, 0) is 50.3 Å². The molecule has 0 aliphatic rings. The van der Waals surface area contributed by atoms with Crippen LogP contribution in [0, 0.1) is 6.92 Å². The second-order valence-electron chi connectivity index (χ2n) is 7.01. The van der Waals surface area contributed by atoms with Crippen LogP contribution in [0.4, 0.5) is 0 Å². The van der Waals surface area contributed by atoms with E-state index in [9.17, 15) is 4.79 Å². The van der Waals surface area contributed by atoms with Crippen molar-refractivity contribution in [2.24, 2.45) is 4.99 Å². The summed E-state index contributed by atoms with van der Waals surface area (Å²) in [6, 6.07) is 6.52. The Morgan fingerprint density at radius 2 is 1.93 bits per heavy atom. The molecule has 2 aromatic rings. The van der Waals surface area contributed by atoms with Crippen molar-refractivity contribution in [3.8, 4) is 0 Å². The molecule has 0 saturated heterocycles. The minimum atomic E-state index is -0.0874. The number of rotatable bonds is 11. The Kier molecular flexibility index (Phi) is 9.39. The third-order valence-electron chi connectivity index (χ3n) is 4.74. The van der Waals surface area contributed by atoms with Gasteiger partial charge in [0.15, 0.2) is 5.96 Å². The van der Waals surface area contributed by atoms with Crippen LogP contribution in [0.25, 0.3) is 10.9 Å². The summed E-state index contributed by atoms with van der Waals surface area (Å²) in [5, 5.41) is 8.02. The fourth-order valence-corrected chi connectivity index (χ4v) is 3.23. The Bertz CT molecular complexity index is 767. The molecular weight excluding hydrogens is 352 g/mol. The van der Waals surface area contributed by atoms with Crippen molar-refractivity contribution in [3.63, 3.8) is 0 Å². The molecule has 0 aliphatic heterocycles. The number of nitrogens with zero attached hydrogens (tertiary/aromatic N) is 1. The molecule has 0 unspecified atom stereocenters. The minimum absolute atomic E-state index is 0.0874. The first-order valence-electron chi connectivity index (χ1n) is 10.3. The Labute approximate surface area is 168 Å². The molecule has 6 nitrogen and oxygen atoms in total. The number of carbonyl (C=O) groups excluding carboxylic acids is 1. The van der Waals surface area contributed by atoms with Crippen LogP contribution in [0.15, 0.2) is 29.4 Å². The number of aryl methyl sites for hydroxylation is 1. The second-order valence-corrected chi connectivity index (χ2v) is 7.01. The summed E-state index contributed by atoms with van der Waals surface area (Å²) in [5.41, 5.74) is 3.78. The number of H-pyrrole nitrogens is 1.